The van der Waals surface area contributed by atoms with E-state index >= 15 is 0 Å². The lowest BCUT2D eigenvalue weighted by molar-refractivity contribution is -0.211. The first-order valence-electron chi connectivity index (χ1n) is 14.2. The van der Waals surface area contributed by atoms with Crippen LogP contribution >= 0.6 is 11.8 Å². The summed E-state index contributed by atoms with van der Waals surface area (Å²) in [4.78, 5) is 24.7. The average molecular weight is 518 g/mol. The van der Waals surface area contributed by atoms with E-state index in [0.717, 1.165) is 44.3 Å². The predicted octanol–water partition coefficient (Wildman–Crippen LogP) is 2.96. The Morgan fingerprint density at radius 1 is 1.11 bits per heavy atom. The molecule has 5 unspecified atom stereocenters. The molecule has 6 fully saturated rings. The molecule has 8 heteroatoms. The monoisotopic (exact) mass is 517 g/mol. The number of aliphatic hydroxyl groups excluding tert-OH is 2. The third-order valence-corrected chi connectivity index (χ3v) is 13.1. The first-order valence-corrected chi connectivity index (χ1v) is 15.2. The zero-order chi connectivity index (χ0) is 25.4. The van der Waals surface area contributed by atoms with Gasteiger partial charge in [0.2, 0.25) is 5.91 Å². The van der Waals surface area contributed by atoms with Crippen LogP contribution in [0.15, 0.2) is 11.6 Å². The number of thioether (sulfide) groups is 1. The molecule has 6 rings (SSSR count). The molecular formula is C28H43N3O4S. The molecule has 0 radical (unpaired) electrons. The van der Waals surface area contributed by atoms with Gasteiger partial charge in [-0.05, 0) is 86.4 Å². The molecule has 0 spiro atoms. The number of nitrogens with one attached hydrogen (secondary N) is 3. The van der Waals surface area contributed by atoms with Crippen molar-refractivity contribution >= 4 is 23.7 Å². The van der Waals surface area contributed by atoms with Crippen molar-refractivity contribution in [3.63, 3.8) is 0 Å². The van der Waals surface area contributed by atoms with Crippen LogP contribution in [0.1, 0.15) is 72.1 Å². The summed E-state index contributed by atoms with van der Waals surface area (Å²) in [6, 6.07) is 0.0323. The van der Waals surface area contributed by atoms with Gasteiger partial charge in [-0.3, -0.25) is 4.79 Å². The van der Waals surface area contributed by atoms with Gasteiger partial charge in [-0.1, -0.05) is 25.5 Å². The first-order chi connectivity index (χ1) is 17.2. The van der Waals surface area contributed by atoms with Gasteiger partial charge in [-0.2, -0.15) is 11.8 Å². The predicted molar refractivity (Wildman–Crippen MR) is 140 cm³/mol. The quantitative estimate of drug-likeness (QED) is 0.292. The molecule has 36 heavy (non-hydrogen) atoms. The summed E-state index contributed by atoms with van der Waals surface area (Å²) in [7, 11) is 0. The van der Waals surface area contributed by atoms with Crippen LogP contribution < -0.4 is 16.0 Å². The summed E-state index contributed by atoms with van der Waals surface area (Å²) < 4.78 is 0. The maximum absolute atomic E-state index is 13.0. The van der Waals surface area contributed by atoms with Gasteiger partial charge in [0.05, 0.1) is 24.3 Å². The van der Waals surface area contributed by atoms with Gasteiger partial charge in [0.1, 0.15) is 0 Å². The lowest BCUT2D eigenvalue weighted by Gasteiger charge is -2.63. The maximum Gasteiger partial charge on any atom is 0.315 e. The molecule has 3 amide bonds. The van der Waals surface area contributed by atoms with Crippen molar-refractivity contribution in [3.05, 3.63) is 11.6 Å². The Morgan fingerprint density at radius 2 is 1.92 bits per heavy atom. The average Bonchev–Trinajstić information content (AvgIpc) is 3.50. The molecule has 0 bridgehead atoms. The second-order valence-corrected chi connectivity index (χ2v) is 14.3. The third kappa shape index (κ3) is 3.68. The number of fused-ring (bicyclic) bond motifs is 6. The Morgan fingerprint density at radius 3 is 2.69 bits per heavy atom. The summed E-state index contributed by atoms with van der Waals surface area (Å²) in [5.74, 6) is 1.91. The minimum absolute atomic E-state index is 0.00111. The Bertz CT molecular complexity index is 959. The van der Waals surface area contributed by atoms with E-state index in [0.29, 0.717) is 18.3 Å². The summed E-state index contributed by atoms with van der Waals surface area (Å²) in [6.07, 6.45) is 8.45. The third-order valence-electron chi connectivity index (χ3n) is 11.6. The number of hydrogen-bond acceptors (Lipinski definition) is 5. The molecule has 2 aliphatic heterocycles. The van der Waals surface area contributed by atoms with E-state index in [9.17, 15) is 19.8 Å². The normalized spacial score (nSPS) is 52.6. The van der Waals surface area contributed by atoms with Crippen molar-refractivity contribution in [2.45, 2.75) is 108 Å². The molecule has 12 atom stereocenters. The van der Waals surface area contributed by atoms with Gasteiger partial charge in [-0.25, -0.2) is 4.79 Å². The number of carbonyl (C=O) groups excluding carboxylic acids is 2. The van der Waals surface area contributed by atoms with Crippen molar-refractivity contribution in [2.75, 3.05) is 5.75 Å². The first kappa shape index (κ1) is 25.1. The van der Waals surface area contributed by atoms with Crippen LogP contribution in [0.2, 0.25) is 0 Å². The zero-order valence-corrected chi connectivity index (χ0v) is 22.7. The van der Waals surface area contributed by atoms with E-state index in [-0.39, 0.29) is 58.0 Å². The SMILES string of the molecule is CC=C1CCC2C3C(CC[C@]12C)[C@@]1(C)CC[C@H](NC(=O)CC2SC[C@@H]4NC(=O)N[C@H]24)CC1[C@@H](O)[C@@H]3O. The van der Waals surface area contributed by atoms with Crippen LogP contribution in [0.25, 0.3) is 0 Å². The molecular weight excluding hydrogens is 474 g/mol. The molecule has 5 N–H and O–H groups in total. The highest BCUT2D eigenvalue weighted by Gasteiger charge is 2.64. The van der Waals surface area contributed by atoms with Crippen molar-refractivity contribution in [3.8, 4) is 0 Å². The van der Waals surface area contributed by atoms with E-state index in [2.05, 4.69) is 42.8 Å². The molecule has 0 aromatic rings. The highest BCUT2D eigenvalue weighted by Crippen LogP contribution is 2.67. The van der Waals surface area contributed by atoms with Crippen molar-refractivity contribution in [1.29, 1.82) is 0 Å². The molecule has 2 heterocycles. The Balaban J connectivity index is 1.13. The van der Waals surface area contributed by atoms with E-state index < -0.39 is 12.2 Å². The second-order valence-electron chi connectivity index (χ2n) is 13.1. The number of urea groups is 1. The molecule has 2 saturated heterocycles. The largest absolute Gasteiger partial charge is 0.390 e. The van der Waals surface area contributed by atoms with Gasteiger partial charge < -0.3 is 26.2 Å². The molecule has 200 valence electrons. The zero-order valence-electron chi connectivity index (χ0n) is 21.8. The lowest BCUT2D eigenvalue weighted by atomic mass is 9.43. The Kier molecular flexibility index (Phi) is 6.20. The highest BCUT2D eigenvalue weighted by atomic mass is 32.2. The van der Waals surface area contributed by atoms with Crippen LogP contribution in [0, 0.1) is 34.5 Å². The number of hydrogen-bond donors (Lipinski definition) is 5. The second kappa shape index (κ2) is 8.91. The van der Waals surface area contributed by atoms with E-state index in [1.165, 1.54) is 6.42 Å². The maximum atomic E-state index is 13.0. The van der Waals surface area contributed by atoms with Crippen LogP contribution in [-0.4, -0.2) is 63.5 Å². The minimum Gasteiger partial charge on any atom is -0.390 e. The highest BCUT2D eigenvalue weighted by molar-refractivity contribution is 8.00. The van der Waals surface area contributed by atoms with Gasteiger partial charge in [0.25, 0.3) is 0 Å². The van der Waals surface area contributed by atoms with Crippen molar-refractivity contribution < 1.29 is 19.8 Å². The van der Waals surface area contributed by atoms with Crippen LogP contribution in [-0.2, 0) is 4.79 Å². The summed E-state index contributed by atoms with van der Waals surface area (Å²) in [6.45, 7) is 6.91. The topological polar surface area (TPSA) is 111 Å². The number of carbonyl (C=O) groups is 2. The summed E-state index contributed by atoms with van der Waals surface area (Å²) >= 11 is 1.75. The van der Waals surface area contributed by atoms with Crippen LogP contribution in [0.4, 0.5) is 4.79 Å². The number of aliphatic hydroxyl groups is 2. The number of rotatable bonds is 3. The fourth-order valence-corrected chi connectivity index (χ4v) is 11.2. The molecule has 7 nitrogen and oxygen atoms in total. The van der Waals surface area contributed by atoms with Gasteiger partial charge >= 0.3 is 6.03 Å². The van der Waals surface area contributed by atoms with Crippen LogP contribution in [0.3, 0.4) is 0 Å². The number of amides is 3. The minimum atomic E-state index is -0.737. The molecule has 4 saturated carbocycles. The van der Waals surface area contributed by atoms with E-state index in [4.69, 9.17) is 0 Å². The van der Waals surface area contributed by atoms with Gasteiger partial charge in [0.15, 0.2) is 0 Å². The van der Waals surface area contributed by atoms with E-state index in [1.807, 2.05) is 0 Å². The fraction of sp³-hybridized carbons (Fsp3) is 0.857. The lowest BCUT2D eigenvalue weighted by Crippen LogP contribution is -2.64. The standard InChI is InChI=1S/C28H43N3O4S/c1-4-14-5-6-16-22-17(8-10-27(14,16)2)28(3)9-7-15(11-18(28)24(33)25(22)34)29-21(32)12-20-23-19(13-36-20)30-26(35)31-23/h4,15-20,22-25,33-34H,5-13H2,1-3H3,(H,29,32)(H2,30,31,35)/t15-,16?,17?,18?,19-,20?,22?,23-,24+,25+,27+,28+/m0/s1. The van der Waals surface area contributed by atoms with Crippen molar-refractivity contribution in [1.82, 2.24) is 16.0 Å². The molecule has 0 aromatic carbocycles. The van der Waals surface area contributed by atoms with Crippen LogP contribution in [0.5, 0.6) is 0 Å². The fourth-order valence-electron chi connectivity index (χ4n) is 9.75. The molecule has 6 aliphatic rings. The Hall–Kier alpha value is -1.25. The van der Waals surface area contributed by atoms with Gasteiger partial charge in [-0.15, -0.1) is 0 Å². The van der Waals surface area contributed by atoms with E-state index in [1.54, 1.807) is 17.3 Å². The number of allylic oxidation sites excluding steroid dienone is 2. The smallest absolute Gasteiger partial charge is 0.315 e. The summed E-state index contributed by atoms with van der Waals surface area (Å²) in [5.41, 5.74) is 1.71. The molecule has 4 aliphatic carbocycles. The van der Waals surface area contributed by atoms with Gasteiger partial charge in [0, 0.05) is 23.5 Å². The Labute approximate surface area is 219 Å². The summed E-state index contributed by atoms with van der Waals surface area (Å²) in [5, 5.41) is 32.3. The van der Waals surface area contributed by atoms with Crippen molar-refractivity contribution in [2.24, 2.45) is 34.5 Å². The molecule has 0 aromatic heterocycles.